The van der Waals surface area contributed by atoms with Crippen LogP contribution in [0.4, 0.5) is 13.2 Å². The van der Waals surface area contributed by atoms with Gasteiger partial charge in [-0.25, -0.2) is 4.99 Å². The number of hydrogen-bond donors (Lipinski definition) is 3. The van der Waals surface area contributed by atoms with E-state index < -0.39 is 11.7 Å². The van der Waals surface area contributed by atoms with E-state index in [1.807, 2.05) is 6.92 Å². The van der Waals surface area contributed by atoms with Crippen molar-refractivity contribution in [3.63, 3.8) is 0 Å². The maximum Gasteiger partial charge on any atom is 0.416 e. The summed E-state index contributed by atoms with van der Waals surface area (Å²) < 4.78 is 48.2. The average molecular weight is 411 g/mol. The number of aromatic hydroxyl groups is 1. The SMILES string of the molecule is CCNC(=NCc1cc(OC)c(O)c(OC)c1)NCc1ccc(C(F)(F)F)cc1. The number of alkyl halides is 3. The lowest BCUT2D eigenvalue weighted by molar-refractivity contribution is -0.137. The average Bonchev–Trinajstić information content (AvgIpc) is 2.70. The number of hydrogen-bond acceptors (Lipinski definition) is 4. The molecular weight excluding hydrogens is 387 g/mol. The van der Waals surface area contributed by atoms with Crippen LogP contribution in [0.15, 0.2) is 41.4 Å². The summed E-state index contributed by atoms with van der Waals surface area (Å²) >= 11 is 0. The van der Waals surface area contributed by atoms with E-state index in [0.717, 1.165) is 17.7 Å². The fourth-order valence-corrected chi connectivity index (χ4v) is 2.55. The number of methoxy groups -OCH3 is 2. The monoisotopic (exact) mass is 411 g/mol. The summed E-state index contributed by atoms with van der Waals surface area (Å²) in [5, 5.41) is 16.1. The lowest BCUT2D eigenvalue weighted by Crippen LogP contribution is -2.36. The molecule has 0 aromatic heterocycles. The van der Waals surface area contributed by atoms with Gasteiger partial charge in [0.25, 0.3) is 0 Å². The van der Waals surface area contributed by atoms with Crippen LogP contribution < -0.4 is 20.1 Å². The zero-order valence-corrected chi connectivity index (χ0v) is 16.4. The number of phenolic OH excluding ortho intramolecular Hbond substituents is 1. The third-order valence-corrected chi connectivity index (χ3v) is 4.04. The highest BCUT2D eigenvalue weighted by atomic mass is 19.4. The maximum atomic E-state index is 12.7. The van der Waals surface area contributed by atoms with Gasteiger partial charge in [-0.3, -0.25) is 0 Å². The third kappa shape index (κ3) is 6.20. The second-order valence-electron chi connectivity index (χ2n) is 6.09. The van der Waals surface area contributed by atoms with Crippen molar-refractivity contribution in [3.8, 4) is 17.2 Å². The number of benzene rings is 2. The molecule has 0 atom stereocenters. The second kappa shape index (κ2) is 9.90. The summed E-state index contributed by atoms with van der Waals surface area (Å²) in [5.41, 5.74) is 0.761. The highest BCUT2D eigenvalue weighted by molar-refractivity contribution is 5.79. The van der Waals surface area contributed by atoms with Crippen molar-refractivity contribution in [2.75, 3.05) is 20.8 Å². The van der Waals surface area contributed by atoms with Gasteiger partial charge in [-0.1, -0.05) is 12.1 Å². The van der Waals surface area contributed by atoms with Crippen LogP contribution in [0.5, 0.6) is 17.2 Å². The molecule has 2 aromatic carbocycles. The molecule has 0 heterocycles. The number of guanidine groups is 1. The Kier molecular flexibility index (Phi) is 7.58. The molecule has 0 saturated carbocycles. The Morgan fingerprint density at radius 2 is 1.59 bits per heavy atom. The largest absolute Gasteiger partial charge is 0.502 e. The van der Waals surface area contributed by atoms with E-state index in [2.05, 4.69) is 15.6 Å². The number of nitrogens with zero attached hydrogens (tertiary/aromatic N) is 1. The predicted molar refractivity (Wildman–Crippen MR) is 104 cm³/mol. The van der Waals surface area contributed by atoms with E-state index in [1.165, 1.54) is 26.4 Å². The van der Waals surface area contributed by atoms with Gasteiger partial charge in [0, 0.05) is 13.1 Å². The number of phenols is 1. The number of rotatable bonds is 7. The summed E-state index contributed by atoms with van der Waals surface area (Å²) in [5.74, 6) is 0.961. The first kappa shape index (κ1) is 22.2. The first-order valence-electron chi connectivity index (χ1n) is 8.90. The lowest BCUT2D eigenvalue weighted by Gasteiger charge is -2.13. The molecular formula is C20H24F3N3O3. The van der Waals surface area contributed by atoms with Crippen molar-refractivity contribution in [1.29, 1.82) is 0 Å². The second-order valence-corrected chi connectivity index (χ2v) is 6.09. The van der Waals surface area contributed by atoms with E-state index in [0.29, 0.717) is 24.6 Å². The summed E-state index contributed by atoms with van der Waals surface area (Å²) in [6.45, 7) is 3.10. The van der Waals surface area contributed by atoms with Gasteiger partial charge in [0.15, 0.2) is 17.5 Å². The number of nitrogens with one attached hydrogen (secondary N) is 2. The lowest BCUT2D eigenvalue weighted by atomic mass is 10.1. The number of halogens is 3. The maximum absolute atomic E-state index is 12.7. The molecule has 0 aliphatic heterocycles. The van der Waals surface area contributed by atoms with Gasteiger partial charge in [-0.15, -0.1) is 0 Å². The van der Waals surface area contributed by atoms with Gasteiger partial charge in [-0.05, 0) is 42.3 Å². The highest BCUT2D eigenvalue weighted by Gasteiger charge is 2.29. The van der Waals surface area contributed by atoms with Crippen LogP contribution in [0.3, 0.4) is 0 Å². The smallest absolute Gasteiger partial charge is 0.416 e. The molecule has 9 heteroatoms. The summed E-state index contributed by atoms with van der Waals surface area (Å²) in [4.78, 5) is 4.46. The molecule has 0 unspecified atom stereocenters. The predicted octanol–water partition coefficient (Wildman–Crippen LogP) is 3.68. The van der Waals surface area contributed by atoms with Gasteiger partial charge >= 0.3 is 6.18 Å². The van der Waals surface area contributed by atoms with Crippen molar-refractivity contribution in [3.05, 3.63) is 53.1 Å². The topological polar surface area (TPSA) is 75.1 Å². The minimum atomic E-state index is -4.35. The molecule has 0 bridgehead atoms. The van der Waals surface area contributed by atoms with Crippen LogP contribution >= 0.6 is 0 Å². The molecule has 3 N–H and O–H groups in total. The molecule has 0 aliphatic carbocycles. The van der Waals surface area contributed by atoms with Crippen molar-refractivity contribution in [2.24, 2.45) is 4.99 Å². The minimum Gasteiger partial charge on any atom is -0.502 e. The van der Waals surface area contributed by atoms with E-state index >= 15 is 0 Å². The van der Waals surface area contributed by atoms with Crippen molar-refractivity contribution in [2.45, 2.75) is 26.2 Å². The summed E-state index contributed by atoms with van der Waals surface area (Å²) in [6, 6.07) is 8.26. The Bertz CT molecular complexity index is 812. The van der Waals surface area contributed by atoms with Crippen molar-refractivity contribution >= 4 is 5.96 Å². The molecule has 158 valence electrons. The van der Waals surface area contributed by atoms with Gasteiger partial charge in [0.2, 0.25) is 5.75 Å². The van der Waals surface area contributed by atoms with Gasteiger partial charge < -0.3 is 25.2 Å². The molecule has 2 rings (SSSR count). The van der Waals surface area contributed by atoms with E-state index in [-0.39, 0.29) is 23.8 Å². The molecule has 0 radical (unpaired) electrons. The Balaban J connectivity index is 2.08. The zero-order valence-electron chi connectivity index (χ0n) is 16.4. The molecule has 0 fully saturated rings. The van der Waals surface area contributed by atoms with Crippen LogP contribution in [-0.2, 0) is 19.3 Å². The van der Waals surface area contributed by atoms with Crippen LogP contribution in [0, 0.1) is 0 Å². The molecule has 0 saturated heterocycles. The first-order valence-corrected chi connectivity index (χ1v) is 8.90. The van der Waals surface area contributed by atoms with E-state index in [9.17, 15) is 18.3 Å². The van der Waals surface area contributed by atoms with Crippen molar-refractivity contribution < 1.29 is 27.8 Å². The van der Waals surface area contributed by atoms with E-state index in [4.69, 9.17) is 9.47 Å². The zero-order chi connectivity index (χ0) is 21.4. The highest BCUT2D eigenvalue weighted by Crippen LogP contribution is 2.37. The first-order chi connectivity index (χ1) is 13.8. The third-order valence-electron chi connectivity index (χ3n) is 4.04. The molecule has 0 aliphatic rings. The number of aliphatic imine (C=N–C) groups is 1. The molecule has 6 nitrogen and oxygen atoms in total. The van der Waals surface area contributed by atoms with Crippen LogP contribution in [-0.4, -0.2) is 31.8 Å². The van der Waals surface area contributed by atoms with Crippen molar-refractivity contribution in [1.82, 2.24) is 10.6 Å². The Morgan fingerprint density at radius 1 is 1.00 bits per heavy atom. The van der Waals surface area contributed by atoms with Crippen LogP contribution in [0.25, 0.3) is 0 Å². The van der Waals surface area contributed by atoms with E-state index in [1.54, 1.807) is 12.1 Å². The fraction of sp³-hybridized carbons (Fsp3) is 0.350. The molecule has 29 heavy (non-hydrogen) atoms. The Morgan fingerprint density at radius 3 is 2.07 bits per heavy atom. The normalized spacial score (nSPS) is 11.9. The summed E-state index contributed by atoms with van der Waals surface area (Å²) in [7, 11) is 2.88. The Hall–Kier alpha value is -3.10. The quantitative estimate of drug-likeness (QED) is 0.479. The van der Waals surface area contributed by atoms with Crippen LogP contribution in [0.2, 0.25) is 0 Å². The fourth-order valence-electron chi connectivity index (χ4n) is 2.55. The summed E-state index contributed by atoms with van der Waals surface area (Å²) in [6.07, 6.45) is -4.35. The van der Waals surface area contributed by atoms with Gasteiger partial charge in [-0.2, -0.15) is 13.2 Å². The Labute approximate surface area is 167 Å². The standard InChI is InChI=1S/C20H24F3N3O3/c1-4-24-19(25-11-13-5-7-15(8-6-13)20(21,22)23)26-12-14-9-16(28-2)18(27)17(10-14)29-3/h5-10,27H,4,11-12H2,1-3H3,(H2,24,25,26). The minimum absolute atomic E-state index is 0.0879. The molecule has 0 amide bonds. The number of ether oxygens (including phenoxy) is 2. The molecule has 0 spiro atoms. The van der Waals surface area contributed by atoms with Gasteiger partial charge in [0.05, 0.1) is 26.3 Å². The molecule has 2 aromatic rings. The van der Waals surface area contributed by atoms with Gasteiger partial charge in [0.1, 0.15) is 0 Å². The van der Waals surface area contributed by atoms with Crippen LogP contribution in [0.1, 0.15) is 23.6 Å².